The maximum absolute atomic E-state index is 5.88. The third-order valence-corrected chi connectivity index (χ3v) is 5.40. The van der Waals surface area contributed by atoms with Crippen LogP contribution in [-0.2, 0) is 17.8 Å². The highest BCUT2D eigenvalue weighted by Crippen LogP contribution is 2.30. The number of nitrogens with one attached hydrogen (secondary N) is 2. The molecule has 7 heteroatoms. The van der Waals surface area contributed by atoms with E-state index in [1.54, 1.807) is 14.2 Å². The number of rotatable bonds is 8. The number of methoxy groups -OCH3 is 1. The molecule has 1 fully saturated rings. The summed E-state index contributed by atoms with van der Waals surface area (Å²) < 4.78 is 16.9. The molecule has 2 aromatic carbocycles. The van der Waals surface area contributed by atoms with Crippen LogP contribution in [0.2, 0.25) is 0 Å². The molecule has 0 saturated carbocycles. The van der Waals surface area contributed by atoms with Crippen LogP contribution >= 0.6 is 0 Å². The Bertz CT molecular complexity index is 893. The fourth-order valence-electron chi connectivity index (χ4n) is 4.05. The summed E-state index contributed by atoms with van der Waals surface area (Å²) in [7, 11) is 3.41. The van der Waals surface area contributed by atoms with Crippen molar-refractivity contribution in [3.8, 4) is 11.5 Å². The number of ether oxygens (including phenoxy) is 3. The predicted octanol–water partition coefficient (Wildman–Crippen LogP) is 3.89. The lowest BCUT2D eigenvalue weighted by atomic mass is 10.1. The van der Waals surface area contributed by atoms with Crippen LogP contribution in [0.25, 0.3) is 0 Å². The molecule has 32 heavy (non-hydrogen) atoms. The minimum atomic E-state index is 0.262. The first-order valence-corrected chi connectivity index (χ1v) is 11.3. The van der Waals surface area contributed by atoms with Gasteiger partial charge in [0.15, 0.2) is 17.5 Å². The Morgan fingerprint density at radius 1 is 1.09 bits per heavy atom. The lowest BCUT2D eigenvalue weighted by Gasteiger charge is -2.35. The summed E-state index contributed by atoms with van der Waals surface area (Å²) in [6, 6.07) is 14.3. The molecular weight excluding hydrogens is 404 g/mol. The number of morpholine rings is 1. The molecular formula is C25H36N4O3. The van der Waals surface area contributed by atoms with Gasteiger partial charge in [0.1, 0.15) is 0 Å². The lowest BCUT2D eigenvalue weighted by molar-refractivity contribution is -0.0705. The van der Waals surface area contributed by atoms with Crippen LogP contribution < -0.4 is 20.1 Å². The van der Waals surface area contributed by atoms with Gasteiger partial charge in [0.25, 0.3) is 0 Å². The number of hydrogen-bond acceptors (Lipinski definition) is 5. The molecule has 0 radical (unpaired) electrons. The van der Waals surface area contributed by atoms with Crippen LogP contribution in [0.1, 0.15) is 31.9 Å². The number of guanidine groups is 1. The second-order valence-corrected chi connectivity index (χ2v) is 8.07. The Balaban J connectivity index is 1.63. The van der Waals surface area contributed by atoms with E-state index in [2.05, 4.69) is 58.6 Å². The molecule has 1 saturated heterocycles. The Morgan fingerprint density at radius 3 is 2.47 bits per heavy atom. The highest BCUT2D eigenvalue weighted by Gasteiger charge is 2.22. The van der Waals surface area contributed by atoms with E-state index < -0.39 is 0 Å². The smallest absolute Gasteiger partial charge is 0.195 e. The van der Waals surface area contributed by atoms with Crippen molar-refractivity contribution in [1.29, 1.82) is 0 Å². The molecule has 1 heterocycles. The standard InChI is InChI=1S/C25H36N4O3/c1-6-31-23-12-11-22(13-24(23)30-5)28-25(26-4)27-14-20-9-7-8-10-21(20)17-29-15-18(2)32-19(3)16-29/h7-13,18-19H,6,14-17H2,1-5H3,(H2,26,27,28). The third-order valence-electron chi connectivity index (χ3n) is 5.40. The van der Waals surface area contributed by atoms with Crippen LogP contribution in [0.15, 0.2) is 47.5 Å². The Labute approximate surface area is 191 Å². The van der Waals surface area contributed by atoms with Gasteiger partial charge in [-0.25, -0.2) is 0 Å². The molecule has 2 atom stereocenters. The molecule has 3 rings (SSSR count). The number of aliphatic imine (C=N–C) groups is 1. The Kier molecular flexibility index (Phi) is 8.76. The van der Waals surface area contributed by atoms with E-state index in [1.807, 2.05) is 25.1 Å². The predicted molar refractivity (Wildman–Crippen MR) is 130 cm³/mol. The Hall–Kier alpha value is -2.77. The van der Waals surface area contributed by atoms with Crippen molar-refractivity contribution < 1.29 is 14.2 Å². The zero-order valence-corrected chi connectivity index (χ0v) is 19.9. The molecule has 0 spiro atoms. The van der Waals surface area contributed by atoms with Gasteiger partial charge in [-0.15, -0.1) is 0 Å². The van der Waals surface area contributed by atoms with Gasteiger partial charge in [-0.3, -0.25) is 9.89 Å². The molecule has 1 aliphatic rings. The normalized spacial score (nSPS) is 19.5. The summed E-state index contributed by atoms with van der Waals surface area (Å²) in [6.45, 7) is 10.3. The quantitative estimate of drug-likeness (QED) is 0.480. The monoisotopic (exact) mass is 440 g/mol. The van der Waals surface area contributed by atoms with E-state index in [0.29, 0.717) is 24.9 Å². The van der Waals surface area contributed by atoms with Crippen molar-refractivity contribution >= 4 is 11.6 Å². The molecule has 7 nitrogen and oxygen atoms in total. The summed E-state index contributed by atoms with van der Waals surface area (Å²) in [4.78, 5) is 6.84. The van der Waals surface area contributed by atoms with Crippen molar-refractivity contribution in [2.75, 3.05) is 39.2 Å². The number of hydrogen-bond donors (Lipinski definition) is 2. The zero-order chi connectivity index (χ0) is 22.9. The molecule has 2 N–H and O–H groups in total. The largest absolute Gasteiger partial charge is 0.493 e. The van der Waals surface area contributed by atoms with Crippen LogP contribution in [0, 0.1) is 0 Å². The van der Waals surface area contributed by atoms with E-state index in [-0.39, 0.29) is 12.2 Å². The van der Waals surface area contributed by atoms with Gasteiger partial charge in [-0.05, 0) is 44.0 Å². The summed E-state index contributed by atoms with van der Waals surface area (Å²) in [6.07, 6.45) is 0.524. The summed E-state index contributed by atoms with van der Waals surface area (Å²) in [5.74, 6) is 2.11. The topological polar surface area (TPSA) is 67.4 Å². The first kappa shape index (κ1) is 23.9. The average Bonchev–Trinajstić information content (AvgIpc) is 2.78. The van der Waals surface area contributed by atoms with Gasteiger partial charge >= 0.3 is 0 Å². The van der Waals surface area contributed by atoms with Gasteiger partial charge in [0.05, 0.1) is 25.9 Å². The van der Waals surface area contributed by atoms with Crippen LogP contribution in [-0.4, -0.2) is 56.9 Å². The van der Waals surface area contributed by atoms with Gasteiger partial charge < -0.3 is 24.8 Å². The van der Waals surface area contributed by atoms with Crippen molar-refractivity contribution in [1.82, 2.24) is 10.2 Å². The average molecular weight is 441 g/mol. The highest BCUT2D eigenvalue weighted by molar-refractivity contribution is 5.93. The molecule has 2 aromatic rings. The fraction of sp³-hybridized carbons (Fsp3) is 0.480. The maximum Gasteiger partial charge on any atom is 0.195 e. The molecule has 0 aliphatic carbocycles. The van der Waals surface area contributed by atoms with Crippen LogP contribution in [0.4, 0.5) is 5.69 Å². The van der Waals surface area contributed by atoms with Gasteiger partial charge in [0, 0.05) is 45.0 Å². The van der Waals surface area contributed by atoms with Crippen molar-refractivity contribution in [2.24, 2.45) is 4.99 Å². The second kappa shape index (κ2) is 11.7. The summed E-state index contributed by atoms with van der Waals surface area (Å²) in [5, 5.41) is 6.76. The molecule has 0 amide bonds. The number of anilines is 1. The van der Waals surface area contributed by atoms with Gasteiger partial charge in [0.2, 0.25) is 0 Å². The van der Waals surface area contributed by atoms with E-state index in [9.17, 15) is 0 Å². The molecule has 0 bridgehead atoms. The minimum absolute atomic E-state index is 0.262. The molecule has 0 aromatic heterocycles. The molecule has 2 unspecified atom stereocenters. The SMILES string of the molecule is CCOc1ccc(NC(=NC)NCc2ccccc2CN2CC(C)OC(C)C2)cc1OC. The highest BCUT2D eigenvalue weighted by atomic mass is 16.5. The van der Waals surface area contributed by atoms with Crippen LogP contribution in [0.5, 0.6) is 11.5 Å². The second-order valence-electron chi connectivity index (χ2n) is 8.07. The first-order chi connectivity index (χ1) is 15.5. The molecule has 174 valence electrons. The van der Waals surface area contributed by atoms with Crippen molar-refractivity contribution in [3.05, 3.63) is 53.6 Å². The van der Waals surface area contributed by atoms with E-state index >= 15 is 0 Å². The number of benzene rings is 2. The van der Waals surface area contributed by atoms with Gasteiger partial charge in [-0.1, -0.05) is 24.3 Å². The van der Waals surface area contributed by atoms with Crippen molar-refractivity contribution in [3.63, 3.8) is 0 Å². The van der Waals surface area contributed by atoms with Crippen LogP contribution in [0.3, 0.4) is 0 Å². The third kappa shape index (κ3) is 6.61. The Morgan fingerprint density at radius 2 is 1.81 bits per heavy atom. The minimum Gasteiger partial charge on any atom is -0.493 e. The van der Waals surface area contributed by atoms with E-state index in [0.717, 1.165) is 31.1 Å². The van der Waals surface area contributed by atoms with Gasteiger partial charge in [-0.2, -0.15) is 0 Å². The van der Waals surface area contributed by atoms with E-state index in [1.165, 1.54) is 11.1 Å². The summed E-state index contributed by atoms with van der Waals surface area (Å²) >= 11 is 0. The number of nitrogens with zero attached hydrogens (tertiary/aromatic N) is 2. The first-order valence-electron chi connectivity index (χ1n) is 11.3. The van der Waals surface area contributed by atoms with E-state index in [4.69, 9.17) is 14.2 Å². The lowest BCUT2D eigenvalue weighted by Crippen LogP contribution is -2.45. The van der Waals surface area contributed by atoms with Crippen molar-refractivity contribution in [2.45, 2.75) is 46.1 Å². The maximum atomic E-state index is 5.88. The zero-order valence-electron chi connectivity index (χ0n) is 19.9. The summed E-state index contributed by atoms with van der Waals surface area (Å²) in [5.41, 5.74) is 3.45. The fourth-order valence-corrected chi connectivity index (χ4v) is 4.05. The molecule has 1 aliphatic heterocycles.